The van der Waals surface area contributed by atoms with Gasteiger partial charge in [0.15, 0.2) is 5.78 Å². The highest BCUT2D eigenvalue weighted by molar-refractivity contribution is 6.09. The van der Waals surface area contributed by atoms with Crippen molar-refractivity contribution in [3.8, 4) is 11.4 Å². The van der Waals surface area contributed by atoms with Crippen molar-refractivity contribution in [1.29, 1.82) is 0 Å². The van der Waals surface area contributed by atoms with Crippen LogP contribution in [-0.4, -0.2) is 36.9 Å². The number of Topliss-reactive ketones (excluding diaryl/α,β-unsaturated/α-hetero) is 1. The Bertz CT molecular complexity index is 1140. The lowest BCUT2D eigenvalue weighted by Gasteiger charge is -2.07. The van der Waals surface area contributed by atoms with Crippen molar-refractivity contribution < 1.29 is 9.59 Å². The number of carbonyl (C=O) groups is 2. The first-order valence-electron chi connectivity index (χ1n) is 8.34. The summed E-state index contributed by atoms with van der Waals surface area (Å²) in [5.74, 6) is -0.249. The monoisotopic (exact) mass is 360 g/mol. The van der Waals surface area contributed by atoms with Gasteiger partial charge in [-0.05, 0) is 30.3 Å². The molecule has 0 spiro atoms. The van der Waals surface area contributed by atoms with Crippen LogP contribution in [0.4, 0.5) is 0 Å². The number of carbonyl (C=O) groups excluding carboxylic acids is 2. The van der Waals surface area contributed by atoms with E-state index < -0.39 is 11.9 Å². The van der Waals surface area contributed by atoms with Gasteiger partial charge in [0.25, 0.3) is 0 Å². The molecule has 4 rings (SSSR count). The highest BCUT2D eigenvalue weighted by atomic mass is 16.1. The summed E-state index contributed by atoms with van der Waals surface area (Å²) in [4.78, 5) is 28.4. The number of benzene rings is 2. The average molecular weight is 360 g/mol. The number of nitrogens with zero attached hydrogens (tertiary/aromatic N) is 4. The average Bonchev–Trinajstić information content (AvgIpc) is 3.34. The molecule has 1 atom stereocenters. The molecule has 0 fully saturated rings. The largest absolute Gasteiger partial charge is 0.366 e. The summed E-state index contributed by atoms with van der Waals surface area (Å²) in [5.41, 5.74) is 7.80. The van der Waals surface area contributed by atoms with Crippen molar-refractivity contribution in [3.63, 3.8) is 0 Å². The van der Waals surface area contributed by atoms with E-state index >= 15 is 0 Å². The third kappa shape index (κ3) is 2.97. The van der Waals surface area contributed by atoms with E-state index in [2.05, 4.69) is 20.4 Å². The summed E-state index contributed by atoms with van der Waals surface area (Å²) < 4.78 is 0. The maximum Gasteiger partial charge on any atom is 0.248 e. The summed E-state index contributed by atoms with van der Waals surface area (Å²) in [5, 5.41) is 13.2. The van der Waals surface area contributed by atoms with Gasteiger partial charge in [-0.3, -0.25) is 9.59 Å². The fraction of sp³-hybridized carbons (Fsp3) is 0.105. The zero-order valence-electron chi connectivity index (χ0n) is 14.5. The highest BCUT2D eigenvalue weighted by Crippen LogP contribution is 2.23. The van der Waals surface area contributed by atoms with Crippen LogP contribution in [0.3, 0.4) is 0 Å². The number of para-hydroxylation sites is 1. The molecule has 2 heterocycles. The third-order valence-corrected chi connectivity index (χ3v) is 4.44. The van der Waals surface area contributed by atoms with Gasteiger partial charge in [-0.15, -0.1) is 10.2 Å². The number of tetrazole rings is 1. The first-order valence-corrected chi connectivity index (χ1v) is 8.34. The van der Waals surface area contributed by atoms with Crippen LogP contribution < -0.4 is 5.73 Å². The molecule has 8 nitrogen and oxygen atoms in total. The fourth-order valence-electron chi connectivity index (χ4n) is 2.89. The molecule has 0 saturated heterocycles. The second-order valence-corrected chi connectivity index (χ2v) is 6.16. The van der Waals surface area contributed by atoms with E-state index in [9.17, 15) is 9.59 Å². The molecule has 3 N–H and O–H groups in total. The van der Waals surface area contributed by atoms with Gasteiger partial charge in [0.05, 0.1) is 0 Å². The van der Waals surface area contributed by atoms with Crippen LogP contribution in [0.1, 0.15) is 33.7 Å². The molecule has 8 heteroatoms. The molecular weight excluding hydrogens is 344 g/mol. The molecule has 0 aliphatic heterocycles. The van der Waals surface area contributed by atoms with Gasteiger partial charge in [0.2, 0.25) is 11.7 Å². The first-order chi connectivity index (χ1) is 13.0. The number of hydrogen-bond donors (Lipinski definition) is 2. The van der Waals surface area contributed by atoms with E-state index in [4.69, 9.17) is 5.73 Å². The Morgan fingerprint density at radius 2 is 1.85 bits per heavy atom. The highest BCUT2D eigenvalue weighted by Gasteiger charge is 2.22. The van der Waals surface area contributed by atoms with E-state index in [-0.39, 0.29) is 5.78 Å². The lowest BCUT2D eigenvalue weighted by atomic mass is 10.1. The van der Waals surface area contributed by atoms with E-state index in [1.165, 1.54) is 4.80 Å². The van der Waals surface area contributed by atoms with Gasteiger partial charge in [0.1, 0.15) is 6.04 Å². The van der Waals surface area contributed by atoms with Gasteiger partial charge >= 0.3 is 0 Å². The zero-order valence-corrected chi connectivity index (χ0v) is 14.5. The smallest absolute Gasteiger partial charge is 0.248 e. The minimum Gasteiger partial charge on any atom is -0.366 e. The fourth-order valence-corrected chi connectivity index (χ4v) is 2.89. The molecule has 0 saturated carbocycles. The van der Waals surface area contributed by atoms with E-state index in [0.29, 0.717) is 22.5 Å². The van der Waals surface area contributed by atoms with Crippen LogP contribution in [0.5, 0.6) is 0 Å². The Balaban J connectivity index is 1.60. The Kier molecular flexibility index (Phi) is 4.00. The Hall–Kier alpha value is -3.81. The maximum absolute atomic E-state index is 12.9. The molecule has 0 bridgehead atoms. The molecule has 4 aromatic rings. The van der Waals surface area contributed by atoms with Crippen molar-refractivity contribution in [3.05, 3.63) is 65.9 Å². The van der Waals surface area contributed by atoms with Gasteiger partial charge in [0, 0.05) is 33.8 Å². The van der Waals surface area contributed by atoms with Crippen molar-refractivity contribution in [2.24, 2.45) is 5.73 Å². The Morgan fingerprint density at radius 1 is 1.11 bits per heavy atom. The molecule has 134 valence electrons. The third-order valence-electron chi connectivity index (χ3n) is 4.44. The number of fused-ring (bicyclic) bond motifs is 1. The number of ketones is 1. The predicted molar refractivity (Wildman–Crippen MR) is 99.1 cm³/mol. The predicted octanol–water partition coefficient (Wildman–Crippen LogP) is 2.36. The molecule has 2 aromatic heterocycles. The summed E-state index contributed by atoms with van der Waals surface area (Å²) in [7, 11) is 0. The number of aromatic amines is 1. The second kappa shape index (κ2) is 6.49. The number of nitrogens with two attached hydrogens (primary N) is 1. The molecule has 0 aliphatic carbocycles. The van der Waals surface area contributed by atoms with Crippen LogP contribution in [0.15, 0.2) is 54.7 Å². The van der Waals surface area contributed by atoms with Crippen LogP contribution in [0, 0.1) is 0 Å². The number of rotatable bonds is 5. The van der Waals surface area contributed by atoms with Gasteiger partial charge in [-0.2, -0.15) is 4.80 Å². The number of amides is 1. The van der Waals surface area contributed by atoms with Crippen molar-refractivity contribution in [1.82, 2.24) is 25.2 Å². The van der Waals surface area contributed by atoms with E-state index in [1.807, 2.05) is 24.3 Å². The molecule has 0 unspecified atom stereocenters. The Morgan fingerprint density at radius 3 is 2.59 bits per heavy atom. The first kappa shape index (κ1) is 16.6. The van der Waals surface area contributed by atoms with Gasteiger partial charge in [-0.25, -0.2) is 0 Å². The number of hydrogen-bond acceptors (Lipinski definition) is 5. The SMILES string of the molecule is C[C@@H](C(=O)c1c[nH]c2ccccc12)n1nnc(-c2ccc(C(N)=O)cc2)n1. The standard InChI is InChI=1S/C19H16N6O2/c1-11(17(26)15-10-21-16-5-3-2-4-14(15)16)25-23-19(22-24-25)13-8-6-12(7-9-13)18(20)27/h2-11,21H,1H3,(H2,20,27)/t11-/m0/s1. The minimum absolute atomic E-state index is 0.111. The number of primary amides is 1. The quantitative estimate of drug-likeness (QED) is 0.529. The molecule has 0 aliphatic rings. The maximum atomic E-state index is 12.9. The van der Waals surface area contributed by atoms with Crippen molar-refractivity contribution in [2.45, 2.75) is 13.0 Å². The molecule has 27 heavy (non-hydrogen) atoms. The lowest BCUT2D eigenvalue weighted by Crippen LogP contribution is -2.19. The summed E-state index contributed by atoms with van der Waals surface area (Å²) >= 11 is 0. The van der Waals surface area contributed by atoms with E-state index in [1.54, 1.807) is 37.4 Å². The zero-order chi connectivity index (χ0) is 19.0. The van der Waals surface area contributed by atoms with Crippen LogP contribution in [-0.2, 0) is 0 Å². The normalized spacial score (nSPS) is 12.2. The summed E-state index contributed by atoms with van der Waals surface area (Å²) in [6, 6.07) is 13.6. The van der Waals surface area contributed by atoms with E-state index in [0.717, 1.165) is 10.9 Å². The van der Waals surface area contributed by atoms with Crippen LogP contribution in [0.2, 0.25) is 0 Å². The molecule has 1 amide bonds. The number of nitrogens with one attached hydrogen (secondary N) is 1. The molecule has 2 aromatic carbocycles. The van der Waals surface area contributed by atoms with Crippen LogP contribution >= 0.6 is 0 Å². The lowest BCUT2D eigenvalue weighted by molar-refractivity contribution is 0.0919. The van der Waals surface area contributed by atoms with Crippen molar-refractivity contribution in [2.75, 3.05) is 0 Å². The summed E-state index contributed by atoms with van der Waals surface area (Å²) in [6.45, 7) is 1.73. The van der Waals surface area contributed by atoms with Gasteiger partial charge < -0.3 is 10.7 Å². The minimum atomic E-state index is -0.615. The molecule has 0 radical (unpaired) electrons. The summed E-state index contributed by atoms with van der Waals surface area (Å²) in [6.07, 6.45) is 1.70. The van der Waals surface area contributed by atoms with Crippen LogP contribution in [0.25, 0.3) is 22.3 Å². The van der Waals surface area contributed by atoms with Crippen molar-refractivity contribution >= 4 is 22.6 Å². The molecular formula is C19H16N6O2. The topological polar surface area (TPSA) is 120 Å². The Labute approximate surface area is 154 Å². The number of aromatic nitrogens is 5. The second-order valence-electron chi connectivity index (χ2n) is 6.16. The van der Waals surface area contributed by atoms with Gasteiger partial charge in [-0.1, -0.05) is 30.3 Å². The number of H-pyrrole nitrogens is 1.